The van der Waals surface area contributed by atoms with Gasteiger partial charge < -0.3 is 10.6 Å². The van der Waals surface area contributed by atoms with Crippen molar-refractivity contribution in [2.75, 3.05) is 18.4 Å². The molecule has 3 aromatic rings. The summed E-state index contributed by atoms with van der Waals surface area (Å²) in [5.41, 5.74) is 3.30. The van der Waals surface area contributed by atoms with E-state index in [1.54, 1.807) is 12.3 Å². The second kappa shape index (κ2) is 10.3. The number of pyridine rings is 1. The van der Waals surface area contributed by atoms with Gasteiger partial charge in [-0.05, 0) is 45.6 Å². The van der Waals surface area contributed by atoms with Crippen LogP contribution < -0.4 is 10.6 Å². The third-order valence-corrected chi connectivity index (χ3v) is 5.66. The first-order chi connectivity index (χ1) is 15.6. The fourth-order valence-electron chi connectivity index (χ4n) is 3.53. The number of rotatable bonds is 7. The molecule has 162 valence electrons. The lowest BCUT2D eigenvalue weighted by atomic mass is 9.96. The maximum atomic E-state index is 12.9. The number of hydrogen-bond donors (Lipinski definition) is 2. The van der Waals surface area contributed by atoms with Gasteiger partial charge in [0, 0.05) is 41.3 Å². The summed E-state index contributed by atoms with van der Waals surface area (Å²) < 4.78 is 0.843. The van der Waals surface area contributed by atoms with Crippen LogP contribution in [-0.2, 0) is 17.6 Å². The largest absolute Gasteiger partial charge is 0.370 e. The fraction of sp³-hybridized carbons (Fsp3) is 0.200. The van der Waals surface area contributed by atoms with E-state index >= 15 is 0 Å². The minimum Gasteiger partial charge on any atom is -0.370 e. The summed E-state index contributed by atoms with van der Waals surface area (Å²) in [4.78, 5) is 34.1. The maximum absolute atomic E-state index is 12.9. The van der Waals surface area contributed by atoms with Crippen molar-refractivity contribution in [3.8, 4) is 0 Å². The molecule has 1 amide bonds. The molecule has 0 radical (unpaired) electrons. The lowest BCUT2D eigenvalue weighted by Gasteiger charge is -2.15. The molecule has 0 spiro atoms. The number of nitrogens with one attached hydrogen (secondary N) is 2. The van der Waals surface area contributed by atoms with E-state index in [1.165, 1.54) is 0 Å². The number of aromatic nitrogens is 1. The summed E-state index contributed by atoms with van der Waals surface area (Å²) in [7, 11) is 0. The predicted molar refractivity (Wildman–Crippen MR) is 129 cm³/mol. The van der Waals surface area contributed by atoms with Crippen LogP contribution >= 0.6 is 15.9 Å². The molecule has 4 rings (SSSR count). The Morgan fingerprint density at radius 1 is 0.969 bits per heavy atom. The topological polar surface area (TPSA) is 83.5 Å². The average molecular weight is 491 g/mol. The molecule has 7 heteroatoms. The zero-order chi connectivity index (χ0) is 22.3. The molecule has 2 heterocycles. The Balaban J connectivity index is 1.42. The van der Waals surface area contributed by atoms with E-state index in [0.29, 0.717) is 11.4 Å². The third kappa shape index (κ3) is 5.68. The normalized spacial score (nSPS) is 13.1. The van der Waals surface area contributed by atoms with E-state index in [0.717, 1.165) is 46.5 Å². The van der Waals surface area contributed by atoms with Crippen molar-refractivity contribution in [3.63, 3.8) is 0 Å². The fourth-order valence-corrected chi connectivity index (χ4v) is 3.76. The van der Waals surface area contributed by atoms with Gasteiger partial charge >= 0.3 is 0 Å². The Kier molecular flexibility index (Phi) is 7.07. The first-order valence-corrected chi connectivity index (χ1v) is 11.3. The van der Waals surface area contributed by atoms with Crippen LogP contribution in [0, 0.1) is 0 Å². The van der Waals surface area contributed by atoms with Gasteiger partial charge in [0.2, 0.25) is 5.91 Å². The Bertz CT molecular complexity index is 1140. The van der Waals surface area contributed by atoms with Gasteiger partial charge in [0.1, 0.15) is 11.7 Å². The van der Waals surface area contributed by atoms with Gasteiger partial charge in [-0.15, -0.1) is 0 Å². The molecule has 0 saturated heterocycles. The molecule has 32 heavy (non-hydrogen) atoms. The summed E-state index contributed by atoms with van der Waals surface area (Å²) >= 11 is 3.33. The minimum atomic E-state index is -0.176. The van der Waals surface area contributed by atoms with Crippen molar-refractivity contribution in [1.29, 1.82) is 0 Å². The molecule has 0 saturated carbocycles. The third-order valence-electron chi connectivity index (χ3n) is 5.19. The highest BCUT2D eigenvalue weighted by molar-refractivity contribution is 9.10. The highest BCUT2D eigenvalue weighted by Crippen LogP contribution is 2.16. The molecule has 0 fully saturated rings. The molecule has 1 aliphatic heterocycles. The predicted octanol–water partition coefficient (Wildman–Crippen LogP) is 4.19. The molecule has 1 aliphatic rings. The standard InChI is InChI=1S/C25H23BrN4O2/c26-21-10-11-23(29-16-21)30-24(32)15-20-5-2-1-4-19(20)14-22(31)17-6-8-18(9-7-17)25-27-12-3-13-28-25/h1-2,4-11,16H,3,12-15H2,(H,27,28)(H,29,30,32). The van der Waals surface area contributed by atoms with Crippen molar-refractivity contribution in [2.24, 2.45) is 4.99 Å². The number of carbonyl (C=O) groups is 2. The van der Waals surface area contributed by atoms with E-state index in [2.05, 4.69) is 36.5 Å². The van der Waals surface area contributed by atoms with E-state index in [-0.39, 0.29) is 24.5 Å². The summed E-state index contributed by atoms with van der Waals surface area (Å²) in [5, 5.41) is 6.08. The molecule has 2 N–H and O–H groups in total. The number of amides is 1. The average Bonchev–Trinajstić information content (AvgIpc) is 2.82. The number of carbonyl (C=O) groups excluding carboxylic acids is 2. The van der Waals surface area contributed by atoms with Crippen LogP contribution in [-0.4, -0.2) is 35.6 Å². The lowest BCUT2D eigenvalue weighted by molar-refractivity contribution is -0.115. The minimum absolute atomic E-state index is 0.0116. The Morgan fingerprint density at radius 3 is 2.38 bits per heavy atom. The van der Waals surface area contributed by atoms with Crippen molar-refractivity contribution < 1.29 is 9.59 Å². The van der Waals surface area contributed by atoms with Crippen molar-refractivity contribution >= 4 is 39.3 Å². The van der Waals surface area contributed by atoms with Crippen LogP contribution in [0.3, 0.4) is 0 Å². The van der Waals surface area contributed by atoms with Gasteiger partial charge in [0.15, 0.2) is 5.78 Å². The van der Waals surface area contributed by atoms with Crippen LogP contribution in [0.4, 0.5) is 5.82 Å². The number of halogens is 1. The summed E-state index contributed by atoms with van der Waals surface area (Å²) in [6.45, 7) is 1.74. The summed E-state index contributed by atoms with van der Waals surface area (Å²) in [6, 6.07) is 18.6. The molecular weight excluding hydrogens is 468 g/mol. The van der Waals surface area contributed by atoms with Crippen molar-refractivity contribution in [1.82, 2.24) is 10.3 Å². The second-order valence-electron chi connectivity index (χ2n) is 7.54. The van der Waals surface area contributed by atoms with Gasteiger partial charge in [0.05, 0.1) is 6.42 Å². The monoisotopic (exact) mass is 490 g/mol. The van der Waals surface area contributed by atoms with Crippen LogP contribution in [0.15, 0.2) is 76.3 Å². The van der Waals surface area contributed by atoms with Crippen molar-refractivity contribution in [2.45, 2.75) is 19.3 Å². The quantitative estimate of drug-likeness (QED) is 0.486. The molecule has 6 nitrogen and oxygen atoms in total. The number of hydrogen-bond acceptors (Lipinski definition) is 5. The number of nitrogens with zero attached hydrogens (tertiary/aromatic N) is 2. The molecule has 0 aliphatic carbocycles. The molecule has 2 aromatic carbocycles. The first-order valence-electron chi connectivity index (χ1n) is 10.5. The summed E-state index contributed by atoms with van der Waals surface area (Å²) in [5.74, 6) is 1.21. The maximum Gasteiger partial charge on any atom is 0.229 e. The van der Waals surface area contributed by atoms with Gasteiger partial charge in [-0.25, -0.2) is 4.98 Å². The number of amidine groups is 1. The van der Waals surface area contributed by atoms with E-state index in [4.69, 9.17) is 0 Å². The number of benzene rings is 2. The van der Waals surface area contributed by atoms with Crippen LogP contribution in [0.1, 0.15) is 33.5 Å². The smallest absolute Gasteiger partial charge is 0.229 e. The second-order valence-corrected chi connectivity index (χ2v) is 8.46. The van der Waals surface area contributed by atoms with E-state index in [1.807, 2.05) is 54.6 Å². The first kappa shape index (κ1) is 21.9. The molecule has 1 aromatic heterocycles. The highest BCUT2D eigenvalue weighted by atomic mass is 79.9. The van der Waals surface area contributed by atoms with Gasteiger partial charge in [-0.3, -0.25) is 14.6 Å². The van der Waals surface area contributed by atoms with Gasteiger partial charge in [-0.1, -0.05) is 48.5 Å². The lowest BCUT2D eigenvalue weighted by Crippen LogP contribution is -2.30. The van der Waals surface area contributed by atoms with Crippen LogP contribution in [0.5, 0.6) is 0 Å². The Labute approximate surface area is 195 Å². The molecule has 0 unspecified atom stereocenters. The molecule has 0 atom stereocenters. The van der Waals surface area contributed by atoms with Gasteiger partial charge in [-0.2, -0.15) is 0 Å². The zero-order valence-corrected chi connectivity index (χ0v) is 19.1. The van der Waals surface area contributed by atoms with E-state index in [9.17, 15) is 9.59 Å². The Morgan fingerprint density at radius 2 is 1.72 bits per heavy atom. The van der Waals surface area contributed by atoms with Crippen LogP contribution in [0.25, 0.3) is 0 Å². The SMILES string of the molecule is O=C(Cc1ccccc1CC(=O)c1ccc(C2=NCCCN2)cc1)Nc1ccc(Br)cn1. The van der Waals surface area contributed by atoms with Crippen LogP contribution in [0.2, 0.25) is 0 Å². The number of anilines is 1. The number of ketones is 1. The van der Waals surface area contributed by atoms with Gasteiger partial charge in [0.25, 0.3) is 0 Å². The van der Waals surface area contributed by atoms with E-state index < -0.39 is 0 Å². The number of Topliss-reactive ketones (excluding diaryl/α,β-unsaturated/α-hetero) is 1. The molecular formula is C25H23BrN4O2. The Hall–Kier alpha value is -3.32. The summed E-state index contributed by atoms with van der Waals surface area (Å²) in [6.07, 6.45) is 3.08. The highest BCUT2D eigenvalue weighted by Gasteiger charge is 2.14. The zero-order valence-electron chi connectivity index (χ0n) is 17.5. The van der Waals surface area contributed by atoms with Crippen molar-refractivity contribution in [3.05, 3.63) is 93.6 Å². The number of aliphatic imine (C=N–C) groups is 1. The molecule has 0 bridgehead atoms.